The van der Waals surface area contributed by atoms with Crippen molar-refractivity contribution in [1.29, 1.82) is 0 Å². The number of ether oxygens (including phenoxy) is 1. The molecule has 3 rings (SSSR count). The molecule has 4 unspecified atom stereocenters. The monoisotopic (exact) mass is 457 g/mol. The Labute approximate surface area is 202 Å². The van der Waals surface area contributed by atoms with Crippen LogP contribution in [-0.4, -0.2) is 117 Å². The molecular formula is C10H15N5Na2O9P2. The number of imidazole rings is 1. The number of anilines is 1. The fourth-order valence-electron chi connectivity index (χ4n) is 2.44. The predicted molar refractivity (Wildman–Crippen MR) is 94.7 cm³/mol. The number of phosphoric acid groups is 2. The predicted octanol–water partition coefficient (Wildman–Crippen LogP) is -1.48. The quantitative estimate of drug-likeness (QED) is 0.248. The maximum Gasteiger partial charge on any atom is 0.481 e. The van der Waals surface area contributed by atoms with Crippen LogP contribution in [0, 0.1) is 0 Å². The summed E-state index contributed by atoms with van der Waals surface area (Å²) in [4.78, 5) is 38.3. The summed E-state index contributed by atoms with van der Waals surface area (Å²) < 4.78 is 37.3. The number of hydrogen-bond acceptors (Lipinski definition) is 10. The van der Waals surface area contributed by atoms with Crippen molar-refractivity contribution in [3.05, 3.63) is 12.7 Å². The zero-order chi connectivity index (χ0) is 19.1. The number of phosphoric ester groups is 1. The number of hydrogen-bond donors (Lipinski definition) is 5. The maximum atomic E-state index is 11.5. The molecule has 1 saturated heterocycles. The van der Waals surface area contributed by atoms with E-state index in [0.29, 0.717) is 11.2 Å². The van der Waals surface area contributed by atoms with Gasteiger partial charge in [0.2, 0.25) is 0 Å². The molecule has 0 bridgehead atoms. The summed E-state index contributed by atoms with van der Waals surface area (Å²) in [7, 11) is -10.3. The third-order valence-electron chi connectivity index (χ3n) is 3.51. The summed E-state index contributed by atoms with van der Waals surface area (Å²) in [6.07, 6.45) is -0.158. The molecule has 1 fully saturated rings. The molecule has 1 aliphatic rings. The van der Waals surface area contributed by atoms with Gasteiger partial charge in [0.05, 0.1) is 19.0 Å². The Morgan fingerprint density at radius 3 is 2.57 bits per heavy atom. The SMILES string of the molecule is Nc1ncnc2c1ncn2C1CC(O)C(COP(=O)(O)OP(=O)(O)O)O1.[Na].[Na]. The van der Waals surface area contributed by atoms with Crippen molar-refractivity contribution in [3.8, 4) is 0 Å². The van der Waals surface area contributed by atoms with E-state index in [-0.39, 0.29) is 71.4 Å². The fourth-order valence-corrected chi connectivity index (χ4v) is 4.04. The molecule has 6 N–H and O–H groups in total. The second-order valence-electron chi connectivity index (χ2n) is 5.35. The van der Waals surface area contributed by atoms with Gasteiger partial charge in [-0.1, -0.05) is 0 Å². The minimum absolute atomic E-state index is 0. The molecule has 2 aromatic rings. The van der Waals surface area contributed by atoms with Gasteiger partial charge in [-0.15, -0.1) is 0 Å². The van der Waals surface area contributed by atoms with Crippen LogP contribution in [-0.2, 0) is 22.7 Å². The van der Waals surface area contributed by atoms with E-state index >= 15 is 0 Å². The standard InChI is InChI=1S/C10H15N5O9P2.2Na/c11-9-8-10(13-3-12-9)15(4-14-8)7-1-5(16)6(23-7)2-22-26(20,21)24-25(17,18)19;;/h3-7,16H,1-2H2,(H,20,21)(H2,11,12,13)(H2,17,18,19);;. The molecule has 0 spiro atoms. The molecule has 0 saturated carbocycles. The van der Waals surface area contributed by atoms with Gasteiger partial charge in [-0.2, -0.15) is 4.31 Å². The van der Waals surface area contributed by atoms with E-state index in [2.05, 4.69) is 23.8 Å². The summed E-state index contributed by atoms with van der Waals surface area (Å²) in [5.41, 5.74) is 6.41. The Hall–Kier alpha value is 0.530. The largest absolute Gasteiger partial charge is 0.481 e. The first kappa shape index (κ1) is 26.6. The number of nitrogens with zero attached hydrogens (tertiary/aromatic N) is 4. The molecule has 0 aliphatic carbocycles. The zero-order valence-corrected chi connectivity index (χ0v) is 20.7. The van der Waals surface area contributed by atoms with Crippen LogP contribution < -0.4 is 5.73 Å². The number of nitrogens with two attached hydrogens (primary N) is 1. The van der Waals surface area contributed by atoms with E-state index in [0.717, 1.165) is 0 Å². The van der Waals surface area contributed by atoms with Crippen LogP contribution in [0.5, 0.6) is 0 Å². The topological polar surface area (TPSA) is 212 Å². The summed E-state index contributed by atoms with van der Waals surface area (Å²) in [5, 5.41) is 10.1. The number of fused-ring (bicyclic) bond motifs is 1. The Bertz CT molecular complexity index is 911. The summed E-state index contributed by atoms with van der Waals surface area (Å²) in [6, 6.07) is 0. The average Bonchev–Trinajstić information content (AvgIpc) is 3.07. The molecule has 2 aromatic heterocycles. The van der Waals surface area contributed by atoms with Gasteiger partial charge in [0.15, 0.2) is 11.5 Å². The van der Waals surface area contributed by atoms with Crippen molar-refractivity contribution < 1.29 is 42.5 Å². The molecule has 0 aromatic carbocycles. The fraction of sp³-hybridized carbons (Fsp3) is 0.500. The Morgan fingerprint density at radius 1 is 1.25 bits per heavy atom. The second-order valence-corrected chi connectivity index (χ2v) is 8.18. The minimum Gasteiger partial charge on any atom is -0.390 e. The summed E-state index contributed by atoms with van der Waals surface area (Å²) in [5.74, 6) is 0.169. The van der Waals surface area contributed by atoms with Crippen LogP contribution in [0.2, 0.25) is 0 Å². The van der Waals surface area contributed by atoms with E-state index in [4.69, 9.17) is 20.3 Å². The van der Waals surface area contributed by atoms with Crippen LogP contribution in [0.3, 0.4) is 0 Å². The molecule has 3 heterocycles. The van der Waals surface area contributed by atoms with Gasteiger partial charge >= 0.3 is 15.6 Å². The van der Waals surface area contributed by atoms with Crippen molar-refractivity contribution in [2.75, 3.05) is 12.3 Å². The van der Waals surface area contributed by atoms with Crippen molar-refractivity contribution in [3.63, 3.8) is 0 Å². The van der Waals surface area contributed by atoms with Gasteiger partial charge in [-0.3, -0.25) is 9.09 Å². The Morgan fingerprint density at radius 2 is 1.93 bits per heavy atom. The maximum absolute atomic E-state index is 11.5. The van der Waals surface area contributed by atoms with Gasteiger partial charge in [-0.05, 0) is 0 Å². The number of aliphatic hydroxyl groups excluding tert-OH is 1. The van der Waals surface area contributed by atoms with Crippen molar-refractivity contribution in [2.24, 2.45) is 0 Å². The number of aliphatic hydroxyl groups is 1. The zero-order valence-electron chi connectivity index (χ0n) is 14.9. The molecule has 28 heavy (non-hydrogen) atoms. The van der Waals surface area contributed by atoms with Crippen molar-refractivity contribution >= 4 is 91.7 Å². The van der Waals surface area contributed by atoms with Crippen molar-refractivity contribution in [2.45, 2.75) is 24.9 Å². The molecule has 1 aliphatic heterocycles. The van der Waals surface area contributed by atoms with Crippen LogP contribution in [0.15, 0.2) is 12.7 Å². The number of rotatable bonds is 6. The van der Waals surface area contributed by atoms with E-state index in [9.17, 15) is 19.1 Å². The van der Waals surface area contributed by atoms with E-state index in [1.54, 1.807) is 0 Å². The van der Waals surface area contributed by atoms with Crippen LogP contribution in [0.25, 0.3) is 11.2 Å². The van der Waals surface area contributed by atoms with E-state index in [1.807, 2.05) is 0 Å². The first-order valence-electron chi connectivity index (χ1n) is 7.06. The van der Waals surface area contributed by atoms with E-state index < -0.39 is 40.7 Å². The summed E-state index contributed by atoms with van der Waals surface area (Å²) >= 11 is 0. The van der Waals surface area contributed by atoms with Gasteiger partial charge in [-0.25, -0.2) is 24.1 Å². The van der Waals surface area contributed by atoms with Gasteiger partial charge in [0, 0.05) is 65.5 Å². The normalized spacial score (nSPS) is 24.4. The third-order valence-corrected chi connectivity index (χ3v) is 5.66. The first-order valence-corrected chi connectivity index (χ1v) is 10.1. The molecule has 2 radical (unpaired) electrons. The molecule has 4 atom stereocenters. The summed E-state index contributed by atoms with van der Waals surface area (Å²) in [6.45, 7) is -0.644. The Kier molecular flexibility index (Phi) is 9.70. The van der Waals surface area contributed by atoms with Crippen LogP contribution in [0.4, 0.5) is 5.82 Å². The third kappa shape index (κ3) is 6.51. The van der Waals surface area contributed by atoms with Crippen molar-refractivity contribution in [1.82, 2.24) is 19.5 Å². The average molecular weight is 457 g/mol. The Balaban J connectivity index is 0.00000196. The smallest absolute Gasteiger partial charge is 0.390 e. The van der Waals surface area contributed by atoms with E-state index in [1.165, 1.54) is 17.2 Å². The van der Waals surface area contributed by atoms with Gasteiger partial charge in [0.1, 0.15) is 24.2 Å². The molecule has 14 nitrogen and oxygen atoms in total. The molecular weight excluding hydrogens is 442 g/mol. The minimum atomic E-state index is -5.23. The van der Waals surface area contributed by atoms with Gasteiger partial charge < -0.3 is 30.3 Å². The number of aromatic nitrogens is 4. The number of nitrogen functional groups attached to an aromatic ring is 1. The second kappa shape index (κ2) is 10.2. The van der Waals surface area contributed by atoms with Crippen LogP contribution in [0.1, 0.15) is 12.6 Å². The molecule has 0 amide bonds. The first-order chi connectivity index (χ1) is 12.1. The van der Waals surface area contributed by atoms with Crippen LogP contribution >= 0.6 is 15.6 Å². The van der Waals surface area contributed by atoms with Gasteiger partial charge in [0.25, 0.3) is 0 Å². The molecule has 146 valence electrons. The molecule has 18 heteroatoms.